The summed E-state index contributed by atoms with van der Waals surface area (Å²) in [6.45, 7) is 9.04. The van der Waals surface area contributed by atoms with Gasteiger partial charge in [0.15, 0.2) is 0 Å². The largest absolute Gasteiger partial charge is 0.356 e. The maximum Gasteiger partial charge on any atom is 0.251 e. The number of rotatable bonds is 6. The monoisotopic (exact) mass is 314 g/mol. The number of amides is 1. The van der Waals surface area contributed by atoms with Crippen LogP contribution in [0.3, 0.4) is 0 Å². The van der Waals surface area contributed by atoms with Gasteiger partial charge in [0.1, 0.15) is 0 Å². The predicted octanol–water partition coefficient (Wildman–Crippen LogP) is 3.24. The molecule has 0 spiro atoms. The number of nitrogens with one attached hydrogen (secondary N) is 2. The second-order valence-electron chi connectivity index (χ2n) is 6.68. The van der Waals surface area contributed by atoms with Gasteiger partial charge in [-0.05, 0) is 67.3 Å². The molecule has 0 fully saturated rings. The summed E-state index contributed by atoms with van der Waals surface area (Å²) >= 11 is 0. The van der Waals surface area contributed by atoms with E-state index in [2.05, 4.69) is 37.1 Å². The second-order valence-corrected chi connectivity index (χ2v) is 6.68. The van der Waals surface area contributed by atoms with Crippen LogP contribution in [0, 0.1) is 19.8 Å². The number of carbonyl (C=O) groups excluding carboxylic acids is 1. The van der Waals surface area contributed by atoms with E-state index in [9.17, 15) is 9.59 Å². The highest BCUT2D eigenvalue weighted by Gasteiger charge is 2.08. The Balaban J connectivity index is 2.05. The number of pyridine rings is 1. The van der Waals surface area contributed by atoms with Crippen molar-refractivity contribution in [3.8, 4) is 0 Å². The van der Waals surface area contributed by atoms with E-state index in [-0.39, 0.29) is 11.5 Å². The molecule has 124 valence electrons. The van der Waals surface area contributed by atoms with Gasteiger partial charge in [-0.2, -0.15) is 0 Å². The van der Waals surface area contributed by atoms with Gasteiger partial charge in [0.25, 0.3) is 5.56 Å². The van der Waals surface area contributed by atoms with Crippen LogP contribution in [-0.4, -0.2) is 17.4 Å². The number of hydrogen-bond donors (Lipinski definition) is 2. The molecule has 0 aliphatic heterocycles. The summed E-state index contributed by atoms with van der Waals surface area (Å²) < 4.78 is 0. The third-order valence-electron chi connectivity index (χ3n) is 4.20. The number of benzene rings is 1. The quantitative estimate of drug-likeness (QED) is 0.860. The highest BCUT2D eigenvalue weighted by Crippen LogP contribution is 2.17. The van der Waals surface area contributed by atoms with Crippen molar-refractivity contribution >= 4 is 16.8 Å². The Morgan fingerprint density at radius 2 is 1.87 bits per heavy atom. The van der Waals surface area contributed by atoms with Crippen molar-refractivity contribution in [2.45, 2.75) is 47.0 Å². The van der Waals surface area contributed by atoms with Gasteiger partial charge < -0.3 is 10.3 Å². The molecular weight excluding hydrogens is 288 g/mol. The topological polar surface area (TPSA) is 62.0 Å². The molecule has 1 aromatic carbocycles. The summed E-state index contributed by atoms with van der Waals surface area (Å²) in [6.07, 6.45) is 1.78. The molecule has 0 atom stereocenters. The molecule has 2 aromatic rings. The fourth-order valence-corrected chi connectivity index (χ4v) is 2.54. The van der Waals surface area contributed by atoms with Crippen molar-refractivity contribution in [1.29, 1.82) is 0 Å². The number of aromatic nitrogens is 1. The van der Waals surface area contributed by atoms with E-state index in [4.69, 9.17) is 0 Å². The lowest BCUT2D eigenvalue weighted by atomic mass is 10.0. The van der Waals surface area contributed by atoms with E-state index in [0.29, 0.717) is 30.9 Å². The van der Waals surface area contributed by atoms with Gasteiger partial charge in [-0.15, -0.1) is 0 Å². The first-order valence-corrected chi connectivity index (χ1v) is 8.26. The maximum absolute atomic E-state index is 12.2. The van der Waals surface area contributed by atoms with Crippen molar-refractivity contribution < 1.29 is 4.79 Å². The van der Waals surface area contributed by atoms with Gasteiger partial charge >= 0.3 is 0 Å². The Labute approximate surface area is 137 Å². The van der Waals surface area contributed by atoms with E-state index >= 15 is 0 Å². The van der Waals surface area contributed by atoms with Gasteiger partial charge in [0.05, 0.1) is 0 Å². The molecular formula is C19H26N2O2. The average Bonchev–Trinajstić information content (AvgIpc) is 2.47. The van der Waals surface area contributed by atoms with Crippen LogP contribution in [0.25, 0.3) is 10.9 Å². The first-order valence-electron chi connectivity index (χ1n) is 8.26. The Bertz CT molecular complexity index is 760. The predicted molar refractivity (Wildman–Crippen MR) is 94.8 cm³/mol. The van der Waals surface area contributed by atoms with Crippen LogP contribution in [0.2, 0.25) is 0 Å². The standard InChI is InChI=1S/C19H26N2O2/c1-12(2)7-8-20-18(22)6-5-15-11-16-9-13(3)14(4)10-17(16)21-19(15)23/h9-12H,5-8H2,1-4H3,(H,20,22)(H,21,23). The molecule has 0 unspecified atom stereocenters. The minimum Gasteiger partial charge on any atom is -0.356 e. The molecule has 0 saturated heterocycles. The lowest BCUT2D eigenvalue weighted by Gasteiger charge is -2.08. The van der Waals surface area contributed by atoms with Gasteiger partial charge in [-0.1, -0.05) is 13.8 Å². The van der Waals surface area contributed by atoms with Gasteiger partial charge in [0, 0.05) is 24.0 Å². The second kappa shape index (κ2) is 7.44. The van der Waals surface area contributed by atoms with Crippen molar-refractivity contribution in [3.05, 3.63) is 45.2 Å². The highest BCUT2D eigenvalue weighted by atomic mass is 16.1. The van der Waals surface area contributed by atoms with Gasteiger partial charge in [0.2, 0.25) is 5.91 Å². The summed E-state index contributed by atoms with van der Waals surface area (Å²) in [5, 5.41) is 3.92. The van der Waals surface area contributed by atoms with Crippen LogP contribution >= 0.6 is 0 Å². The first-order chi connectivity index (χ1) is 10.9. The zero-order valence-electron chi connectivity index (χ0n) is 14.5. The molecule has 23 heavy (non-hydrogen) atoms. The van der Waals surface area contributed by atoms with E-state index in [1.54, 1.807) is 0 Å². The Hall–Kier alpha value is -2.10. The zero-order chi connectivity index (χ0) is 17.0. The molecule has 0 aliphatic rings. The Morgan fingerprint density at radius 1 is 1.17 bits per heavy atom. The number of H-pyrrole nitrogens is 1. The van der Waals surface area contributed by atoms with Crippen LogP contribution in [-0.2, 0) is 11.2 Å². The van der Waals surface area contributed by atoms with Gasteiger partial charge in [-0.25, -0.2) is 0 Å². The number of aromatic amines is 1. The molecule has 0 aliphatic carbocycles. The minimum atomic E-state index is -0.101. The third kappa shape index (κ3) is 4.68. The van der Waals surface area contributed by atoms with Crippen molar-refractivity contribution in [2.75, 3.05) is 6.54 Å². The minimum absolute atomic E-state index is 0.00485. The van der Waals surface area contributed by atoms with Crippen LogP contribution in [0.5, 0.6) is 0 Å². The molecule has 0 radical (unpaired) electrons. The number of fused-ring (bicyclic) bond motifs is 1. The highest BCUT2D eigenvalue weighted by molar-refractivity contribution is 5.81. The van der Waals surface area contributed by atoms with E-state index in [1.807, 2.05) is 19.1 Å². The average molecular weight is 314 g/mol. The molecule has 2 N–H and O–H groups in total. The lowest BCUT2D eigenvalue weighted by molar-refractivity contribution is -0.121. The van der Waals surface area contributed by atoms with Crippen LogP contribution in [0.1, 0.15) is 43.4 Å². The summed E-state index contributed by atoms with van der Waals surface area (Å²) in [6, 6.07) is 5.98. The third-order valence-corrected chi connectivity index (χ3v) is 4.20. The Kier molecular flexibility index (Phi) is 5.59. The SMILES string of the molecule is Cc1cc2cc(CCC(=O)NCCC(C)C)c(=O)[nH]c2cc1C. The van der Waals surface area contributed by atoms with Crippen LogP contribution in [0.15, 0.2) is 23.0 Å². The van der Waals surface area contributed by atoms with E-state index in [1.165, 1.54) is 5.56 Å². The van der Waals surface area contributed by atoms with Crippen LogP contribution < -0.4 is 10.9 Å². The normalized spacial score (nSPS) is 11.2. The number of aryl methyl sites for hydroxylation is 3. The van der Waals surface area contributed by atoms with Crippen molar-refractivity contribution in [2.24, 2.45) is 5.92 Å². The summed E-state index contributed by atoms with van der Waals surface area (Å²) in [5.74, 6) is 0.579. The molecule has 1 heterocycles. The molecule has 1 aromatic heterocycles. The fraction of sp³-hybridized carbons (Fsp3) is 0.474. The van der Waals surface area contributed by atoms with E-state index in [0.717, 1.165) is 22.9 Å². The maximum atomic E-state index is 12.2. The lowest BCUT2D eigenvalue weighted by Crippen LogP contribution is -2.26. The van der Waals surface area contributed by atoms with Crippen molar-refractivity contribution in [3.63, 3.8) is 0 Å². The van der Waals surface area contributed by atoms with Crippen LogP contribution in [0.4, 0.5) is 0 Å². The number of hydrogen-bond acceptors (Lipinski definition) is 2. The van der Waals surface area contributed by atoms with E-state index < -0.39 is 0 Å². The molecule has 2 rings (SSSR count). The fourth-order valence-electron chi connectivity index (χ4n) is 2.54. The summed E-state index contributed by atoms with van der Waals surface area (Å²) in [4.78, 5) is 26.9. The molecule has 0 saturated carbocycles. The van der Waals surface area contributed by atoms with Gasteiger partial charge in [-0.3, -0.25) is 9.59 Å². The molecule has 4 heteroatoms. The molecule has 0 bridgehead atoms. The summed E-state index contributed by atoms with van der Waals surface area (Å²) in [5.41, 5.74) is 3.77. The molecule has 4 nitrogen and oxygen atoms in total. The smallest absolute Gasteiger partial charge is 0.251 e. The number of carbonyl (C=O) groups is 1. The van der Waals surface area contributed by atoms with Crippen molar-refractivity contribution in [1.82, 2.24) is 10.3 Å². The molecule has 1 amide bonds. The summed E-state index contributed by atoms with van der Waals surface area (Å²) in [7, 11) is 0. The first kappa shape index (κ1) is 17.3. The Morgan fingerprint density at radius 3 is 2.57 bits per heavy atom. The zero-order valence-corrected chi connectivity index (χ0v) is 14.5.